The van der Waals surface area contributed by atoms with E-state index in [0.717, 1.165) is 0 Å². The maximum absolute atomic E-state index is 12.4. The Kier molecular flexibility index (Phi) is 11.7. The van der Waals surface area contributed by atoms with Gasteiger partial charge in [0.25, 0.3) is 0 Å². The quantitative estimate of drug-likeness (QED) is 0.155. The molecule has 0 aliphatic rings. The smallest absolute Gasteiger partial charge is 0.305 e. The number of carbonyl (C=O) groups is 6. The number of carboxylic acids is 1. The van der Waals surface area contributed by atoms with Crippen molar-refractivity contribution >= 4 is 35.5 Å². The first kappa shape index (κ1) is 26.8. The molecule has 5 amide bonds. The molecule has 0 fully saturated rings. The number of hydrogen-bond donors (Lipinski definition) is 7. The molecule has 0 aliphatic heterocycles. The summed E-state index contributed by atoms with van der Waals surface area (Å²) in [7, 11) is 0. The molecular weight excluding hydrogens is 400 g/mol. The molecule has 9 N–H and O–H groups in total. The van der Waals surface area contributed by atoms with Gasteiger partial charge in [-0.05, 0) is 19.3 Å². The fourth-order valence-corrected chi connectivity index (χ4v) is 2.27. The first-order valence-corrected chi connectivity index (χ1v) is 9.25. The lowest BCUT2D eigenvalue weighted by Crippen LogP contribution is -2.56. The molecule has 0 aromatic rings. The Labute approximate surface area is 173 Å². The second-order valence-electron chi connectivity index (χ2n) is 7.02. The van der Waals surface area contributed by atoms with E-state index in [9.17, 15) is 28.8 Å². The Morgan fingerprint density at radius 2 is 1.47 bits per heavy atom. The van der Waals surface area contributed by atoms with E-state index in [1.165, 1.54) is 6.92 Å². The first-order valence-electron chi connectivity index (χ1n) is 9.25. The monoisotopic (exact) mass is 430 g/mol. The van der Waals surface area contributed by atoms with E-state index < -0.39 is 66.6 Å². The predicted molar refractivity (Wildman–Crippen MR) is 104 cm³/mol. The topological polar surface area (TPSA) is 223 Å². The third kappa shape index (κ3) is 10.9. The molecule has 0 heterocycles. The van der Waals surface area contributed by atoms with E-state index in [1.807, 2.05) is 13.8 Å². The molecule has 0 spiro atoms. The number of hydrogen-bond acceptors (Lipinski definition) is 7. The number of nitrogens with two attached hydrogens (primary N) is 2. The molecule has 0 rings (SSSR count). The summed E-state index contributed by atoms with van der Waals surface area (Å²) in [5, 5.41) is 18.0. The Bertz CT molecular complexity index is 667. The molecule has 0 aromatic heterocycles. The van der Waals surface area contributed by atoms with Crippen molar-refractivity contribution in [1.82, 2.24) is 21.3 Å². The van der Waals surface area contributed by atoms with Gasteiger partial charge >= 0.3 is 5.97 Å². The summed E-state index contributed by atoms with van der Waals surface area (Å²) in [5.41, 5.74) is 10.3. The van der Waals surface area contributed by atoms with E-state index >= 15 is 0 Å². The van der Waals surface area contributed by atoms with Crippen LogP contribution in [0.3, 0.4) is 0 Å². The largest absolute Gasteiger partial charge is 0.481 e. The van der Waals surface area contributed by atoms with Crippen LogP contribution in [0.1, 0.15) is 33.6 Å². The Hall–Kier alpha value is -3.22. The van der Waals surface area contributed by atoms with Crippen molar-refractivity contribution in [3.8, 4) is 0 Å². The minimum atomic E-state index is -1.50. The third-order valence-electron chi connectivity index (χ3n) is 3.78. The van der Waals surface area contributed by atoms with Gasteiger partial charge in [-0.2, -0.15) is 0 Å². The highest BCUT2D eigenvalue weighted by Gasteiger charge is 2.28. The normalized spacial score (nSPS) is 13.5. The van der Waals surface area contributed by atoms with Gasteiger partial charge in [0, 0.05) is 0 Å². The van der Waals surface area contributed by atoms with E-state index in [0.29, 0.717) is 6.42 Å². The summed E-state index contributed by atoms with van der Waals surface area (Å²) < 4.78 is 0. The van der Waals surface area contributed by atoms with Gasteiger partial charge < -0.3 is 37.8 Å². The molecule has 0 aliphatic carbocycles. The summed E-state index contributed by atoms with van der Waals surface area (Å²) in [4.78, 5) is 70.0. The maximum Gasteiger partial charge on any atom is 0.305 e. The lowest BCUT2D eigenvalue weighted by atomic mass is 10.0. The van der Waals surface area contributed by atoms with Crippen molar-refractivity contribution in [2.75, 3.05) is 13.1 Å². The molecular formula is C17H30N6O7. The van der Waals surface area contributed by atoms with Gasteiger partial charge in [0.05, 0.1) is 19.5 Å². The molecule has 30 heavy (non-hydrogen) atoms. The van der Waals surface area contributed by atoms with E-state index in [1.54, 1.807) is 0 Å². The minimum absolute atomic E-state index is 0.0719. The number of carboxylic acid groups (broad SMARTS) is 1. The van der Waals surface area contributed by atoms with Crippen LogP contribution in [-0.2, 0) is 28.8 Å². The van der Waals surface area contributed by atoms with Gasteiger partial charge in [-0.1, -0.05) is 13.8 Å². The molecule has 0 saturated heterocycles. The zero-order valence-corrected chi connectivity index (χ0v) is 17.2. The van der Waals surface area contributed by atoms with Crippen LogP contribution in [0.4, 0.5) is 0 Å². The molecule has 0 radical (unpaired) electrons. The predicted octanol–water partition coefficient (Wildman–Crippen LogP) is -3.46. The molecule has 0 unspecified atom stereocenters. The summed E-state index contributed by atoms with van der Waals surface area (Å²) in [6.45, 7) is 4.14. The van der Waals surface area contributed by atoms with E-state index in [-0.39, 0.29) is 12.5 Å². The lowest BCUT2D eigenvalue weighted by molar-refractivity contribution is -0.141. The van der Waals surface area contributed by atoms with Gasteiger partial charge in [0.15, 0.2) is 0 Å². The Morgan fingerprint density at radius 1 is 0.867 bits per heavy atom. The van der Waals surface area contributed by atoms with Gasteiger partial charge in [-0.25, -0.2) is 0 Å². The standard InChI is InChI=1S/C17H30N6O7/c1-8(2)4-10(15(19)28)23-16(29)9(3)21-17(30)11(5-14(26)27)22-13(25)7-20-12(24)6-18/h8-11H,4-7,18H2,1-3H3,(H2,19,28)(H,20,24)(H,21,30)(H,22,25)(H,23,29)(H,26,27)/t9-,10-,11-/m0/s1. The molecule has 0 saturated carbocycles. The number of rotatable bonds is 13. The van der Waals surface area contributed by atoms with Gasteiger partial charge in [-0.3, -0.25) is 28.8 Å². The Morgan fingerprint density at radius 3 is 1.93 bits per heavy atom. The molecule has 0 aromatic carbocycles. The average molecular weight is 430 g/mol. The number of nitrogens with one attached hydrogen (secondary N) is 4. The molecule has 13 nitrogen and oxygen atoms in total. The van der Waals surface area contributed by atoms with Crippen molar-refractivity contribution in [1.29, 1.82) is 0 Å². The van der Waals surface area contributed by atoms with Gasteiger partial charge in [0.1, 0.15) is 18.1 Å². The fraction of sp³-hybridized carbons (Fsp3) is 0.647. The number of primary amides is 1. The summed E-state index contributed by atoms with van der Waals surface area (Å²) in [6, 6.07) is -3.57. The van der Waals surface area contributed by atoms with Crippen molar-refractivity contribution in [3.05, 3.63) is 0 Å². The van der Waals surface area contributed by atoms with Crippen LogP contribution in [0, 0.1) is 5.92 Å². The highest BCUT2D eigenvalue weighted by molar-refractivity contribution is 5.95. The zero-order valence-electron chi connectivity index (χ0n) is 17.2. The highest BCUT2D eigenvalue weighted by Crippen LogP contribution is 2.05. The van der Waals surface area contributed by atoms with E-state index in [4.69, 9.17) is 16.6 Å². The van der Waals surface area contributed by atoms with Crippen LogP contribution in [0.5, 0.6) is 0 Å². The van der Waals surface area contributed by atoms with Crippen LogP contribution < -0.4 is 32.7 Å². The number of carbonyl (C=O) groups excluding carboxylic acids is 5. The lowest BCUT2D eigenvalue weighted by Gasteiger charge is -2.22. The van der Waals surface area contributed by atoms with Crippen LogP contribution in [0.15, 0.2) is 0 Å². The van der Waals surface area contributed by atoms with Crippen molar-refractivity contribution < 1.29 is 33.9 Å². The van der Waals surface area contributed by atoms with Crippen molar-refractivity contribution in [2.45, 2.75) is 51.7 Å². The molecule has 0 bridgehead atoms. The van der Waals surface area contributed by atoms with Crippen molar-refractivity contribution in [3.63, 3.8) is 0 Å². The summed E-state index contributed by atoms with van der Waals surface area (Å²) in [6.07, 6.45) is -0.456. The molecule has 3 atom stereocenters. The molecule has 170 valence electrons. The summed E-state index contributed by atoms with van der Waals surface area (Å²) in [5.74, 6) is -5.10. The van der Waals surface area contributed by atoms with Gasteiger partial charge in [0.2, 0.25) is 29.5 Å². The van der Waals surface area contributed by atoms with Crippen LogP contribution >= 0.6 is 0 Å². The van der Waals surface area contributed by atoms with E-state index in [2.05, 4.69) is 21.3 Å². The SMILES string of the molecule is CC(C)C[C@H](NC(=O)[C@H](C)NC(=O)[C@H](CC(=O)O)NC(=O)CNC(=O)CN)C(N)=O. The number of aliphatic carboxylic acids is 1. The maximum atomic E-state index is 12.4. The minimum Gasteiger partial charge on any atom is -0.481 e. The third-order valence-corrected chi connectivity index (χ3v) is 3.78. The first-order chi connectivity index (χ1) is 13.9. The zero-order chi connectivity index (χ0) is 23.4. The molecule has 13 heteroatoms. The second-order valence-corrected chi connectivity index (χ2v) is 7.02. The average Bonchev–Trinajstić information content (AvgIpc) is 2.63. The Balaban J connectivity index is 4.97. The van der Waals surface area contributed by atoms with Crippen molar-refractivity contribution in [2.24, 2.45) is 17.4 Å². The highest BCUT2D eigenvalue weighted by atomic mass is 16.4. The van der Waals surface area contributed by atoms with Crippen LogP contribution in [0.2, 0.25) is 0 Å². The van der Waals surface area contributed by atoms with Gasteiger partial charge in [-0.15, -0.1) is 0 Å². The summed E-state index contributed by atoms with van der Waals surface area (Å²) >= 11 is 0. The fourth-order valence-electron chi connectivity index (χ4n) is 2.27. The van der Waals surface area contributed by atoms with Crippen LogP contribution in [0.25, 0.3) is 0 Å². The second kappa shape index (κ2) is 13.1. The number of amides is 5. The van der Waals surface area contributed by atoms with Crippen LogP contribution in [-0.4, -0.2) is 71.8 Å².